The Labute approximate surface area is 139 Å². The maximum absolute atomic E-state index is 12.1. The number of hydrogen-bond donors (Lipinski definition) is 1. The summed E-state index contributed by atoms with van der Waals surface area (Å²) in [6.45, 7) is 4.23. The number of likely N-dealkylation sites (N-methyl/N-ethyl adjacent to an activating group) is 1. The van der Waals surface area contributed by atoms with Gasteiger partial charge in [0.1, 0.15) is 12.4 Å². The summed E-state index contributed by atoms with van der Waals surface area (Å²) < 4.78 is 5.66. The zero-order chi connectivity index (χ0) is 16.8. The summed E-state index contributed by atoms with van der Waals surface area (Å²) in [4.78, 5) is 16.0. The average Bonchev–Trinajstić information content (AvgIpc) is 3.37. The fourth-order valence-electron chi connectivity index (χ4n) is 2.43. The van der Waals surface area contributed by atoms with E-state index in [1.807, 2.05) is 50.3 Å². The number of carbonyl (C=O) groups is 1. The molecule has 0 aliphatic heterocycles. The monoisotopic (exact) mass is 319 g/mol. The van der Waals surface area contributed by atoms with Gasteiger partial charge in [-0.1, -0.05) is 12.1 Å². The fourth-order valence-corrected chi connectivity index (χ4v) is 2.43. The number of urea groups is 1. The molecule has 2 rings (SSSR count). The number of nitrogens with zero attached hydrogens (tertiary/aromatic N) is 2. The predicted octanol–water partition coefficient (Wildman–Crippen LogP) is 2.57. The highest BCUT2D eigenvalue weighted by Crippen LogP contribution is 2.34. The van der Waals surface area contributed by atoms with Crippen LogP contribution in [0.15, 0.2) is 24.3 Å². The zero-order valence-electron chi connectivity index (χ0n) is 14.7. The van der Waals surface area contributed by atoms with E-state index in [4.69, 9.17) is 4.74 Å². The van der Waals surface area contributed by atoms with Crippen LogP contribution in [0.4, 0.5) is 4.79 Å². The van der Waals surface area contributed by atoms with Gasteiger partial charge >= 0.3 is 6.03 Å². The van der Waals surface area contributed by atoms with Gasteiger partial charge in [-0.2, -0.15) is 0 Å². The zero-order valence-corrected chi connectivity index (χ0v) is 14.7. The highest BCUT2D eigenvalue weighted by molar-refractivity contribution is 5.74. The molecule has 0 saturated heterocycles. The number of benzene rings is 1. The van der Waals surface area contributed by atoms with E-state index in [0.717, 1.165) is 17.9 Å². The molecule has 0 radical (unpaired) electrons. The minimum absolute atomic E-state index is 0.00397. The Bertz CT molecular complexity index is 497. The smallest absolute Gasteiger partial charge is 0.317 e. The first-order valence-electron chi connectivity index (χ1n) is 8.34. The summed E-state index contributed by atoms with van der Waals surface area (Å²) in [5.74, 6) is 1.55. The molecule has 1 aliphatic carbocycles. The molecule has 1 aromatic rings. The van der Waals surface area contributed by atoms with Gasteiger partial charge in [0.2, 0.25) is 0 Å². The lowest BCUT2D eigenvalue weighted by Gasteiger charge is -2.25. The molecule has 0 spiro atoms. The van der Waals surface area contributed by atoms with E-state index in [1.54, 1.807) is 0 Å². The molecule has 1 N–H and O–H groups in total. The molecule has 5 heteroatoms. The van der Waals surface area contributed by atoms with E-state index in [0.29, 0.717) is 25.1 Å². The van der Waals surface area contributed by atoms with E-state index in [2.05, 4.69) is 17.1 Å². The van der Waals surface area contributed by atoms with Crippen LogP contribution in [0.25, 0.3) is 0 Å². The molecule has 1 saturated carbocycles. The first-order valence-corrected chi connectivity index (χ1v) is 8.34. The minimum Gasteiger partial charge on any atom is -0.492 e. The fraction of sp³-hybridized carbons (Fsp3) is 0.611. The van der Waals surface area contributed by atoms with E-state index in [-0.39, 0.29) is 6.03 Å². The van der Waals surface area contributed by atoms with Gasteiger partial charge in [-0.3, -0.25) is 0 Å². The molecule has 0 bridgehead atoms. The van der Waals surface area contributed by atoms with Crippen LogP contribution in [0, 0.1) is 5.92 Å². The third-order valence-electron chi connectivity index (χ3n) is 4.41. The molecular weight excluding hydrogens is 290 g/mol. The van der Waals surface area contributed by atoms with Crippen molar-refractivity contribution >= 4 is 6.03 Å². The van der Waals surface area contributed by atoms with Crippen molar-refractivity contribution in [3.63, 3.8) is 0 Å². The molecular formula is C18H29N3O2. The van der Waals surface area contributed by atoms with Gasteiger partial charge in [-0.25, -0.2) is 4.79 Å². The van der Waals surface area contributed by atoms with Gasteiger partial charge in [-0.15, -0.1) is 0 Å². The van der Waals surface area contributed by atoms with E-state index in [9.17, 15) is 4.79 Å². The van der Waals surface area contributed by atoms with Crippen LogP contribution in [-0.4, -0.2) is 56.2 Å². The van der Waals surface area contributed by atoms with Gasteiger partial charge in [0.25, 0.3) is 0 Å². The predicted molar refractivity (Wildman–Crippen MR) is 92.7 cm³/mol. The second-order valence-corrected chi connectivity index (χ2v) is 6.64. The van der Waals surface area contributed by atoms with Gasteiger partial charge in [-0.05, 0) is 57.5 Å². The highest BCUT2D eigenvalue weighted by Gasteiger charge is 2.32. The largest absolute Gasteiger partial charge is 0.492 e. The molecule has 0 heterocycles. The third kappa shape index (κ3) is 5.75. The van der Waals surface area contributed by atoms with Crippen molar-refractivity contribution in [2.75, 3.05) is 34.3 Å². The molecule has 23 heavy (non-hydrogen) atoms. The molecule has 1 unspecified atom stereocenters. The van der Waals surface area contributed by atoms with Gasteiger partial charge < -0.3 is 19.9 Å². The molecule has 1 fully saturated rings. The summed E-state index contributed by atoms with van der Waals surface area (Å²) in [7, 11) is 5.92. The minimum atomic E-state index is -0.00397. The topological polar surface area (TPSA) is 44.8 Å². The van der Waals surface area contributed by atoms with Crippen molar-refractivity contribution in [2.45, 2.75) is 32.4 Å². The number of nitrogens with one attached hydrogen (secondary N) is 1. The molecule has 2 amide bonds. The summed E-state index contributed by atoms with van der Waals surface area (Å²) in [6.07, 6.45) is 2.49. The van der Waals surface area contributed by atoms with Crippen LogP contribution in [0.1, 0.15) is 25.3 Å². The van der Waals surface area contributed by atoms with Crippen LogP contribution in [0.2, 0.25) is 0 Å². The van der Waals surface area contributed by atoms with E-state index >= 15 is 0 Å². The van der Waals surface area contributed by atoms with Crippen LogP contribution in [0.5, 0.6) is 5.75 Å². The second kappa shape index (κ2) is 8.20. The Morgan fingerprint density at radius 2 is 1.91 bits per heavy atom. The van der Waals surface area contributed by atoms with Gasteiger partial charge in [0.05, 0.1) is 0 Å². The lowest BCUT2D eigenvalue weighted by Crippen LogP contribution is -2.42. The normalized spacial score (nSPS) is 15.3. The van der Waals surface area contributed by atoms with Crippen molar-refractivity contribution in [1.82, 2.24) is 15.1 Å². The van der Waals surface area contributed by atoms with Gasteiger partial charge in [0, 0.05) is 26.2 Å². The lowest BCUT2D eigenvalue weighted by atomic mass is 10.2. The molecule has 5 nitrogen and oxygen atoms in total. The molecule has 1 aromatic carbocycles. The first-order chi connectivity index (χ1) is 11.0. The maximum atomic E-state index is 12.1. The second-order valence-electron chi connectivity index (χ2n) is 6.64. The molecule has 128 valence electrons. The number of amides is 2. The number of hydrogen-bond acceptors (Lipinski definition) is 3. The quantitative estimate of drug-likeness (QED) is 0.801. The SMILES string of the molecule is CC(C1CC1)N(C)C(=O)NCc1ccc(OCCN(C)C)cc1. The van der Waals surface area contributed by atoms with E-state index in [1.165, 1.54) is 12.8 Å². The van der Waals surface area contributed by atoms with Crippen LogP contribution in [0.3, 0.4) is 0 Å². The maximum Gasteiger partial charge on any atom is 0.317 e. The van der Waals surface area contributed by atoms with Crippen LogP contribution >= 0.6 is 0 Å². The van der Waals surface area contributed by atoms with Crippen molar-refractivity contribution in [3.05, 3.63) is 29.8 Å². The highest BCUT2D eigenvalue weighted by atomic mass is 16.5. The Morgan fingerprint density at radius 3 is 2.48 bits per heavy atom. The number of carbonyl (C=O) groups excluding carboxylic acids is 1. The summed E-state index contributed by atoms with van der Waals surface area (Å²) >= 11 is 0. The average molecular weight is 319 g/mol. The van der Waals surface area contributed by atoms with Crippen LogP contribution in [-0.2, 0) is 6.54 Å². The van der Waals surface area contributed by atoms with Crippen molar-refractivity contribution in [3.8, 4) is 5.75 Å². The third-order valence-corrected chi connectivity index (χ3v) is 4.41. The standard InChI is InChI=1S/C18H29N3O2/c1-14(16-7-8-16)21(4)18(22)19-13-15-5-9-17(10-6-15)23-12-11-20(2)3/h5-6,9-10,14,16H,7-8,11-13H2,1-4H3,(H,19,22). The summed E-state index contributed by atoms with van der Waals surface area (Å²) in [6, 6.07) is 8.21. The Morgan fingerprint density at radius 1 is 1.26 bits per heavy atom. The lowest BCUT2D eigenvalue weighted by molar-refractivity contribution is 0.187. The first kappa shape index (κ1) is 17.6. The van der Waals surface area contributed by atoms with Crippen molar-refractivity contribution in [1.29, 1.82) is 0 Å². The molecule has 0 aromatic heterocycles. The van der Waals surface area contributed by atoms with Crippen molar-refractivity contribution < 1.29 is 9.53 Å². The van der Waals surface area contributed by atoms with E-state index < -0.39 is 0 Å². The molecule has 1 aliphatic rings. The Hall–Kier alpha value is -1.75. The Kier molecular flexibility index (Phi) is 6.28. The Balaban J connectivity index is 1.73. The summed E-state index contributed by atoms with van der Waals surface area (Å²) in [5.41, 5.74) is 1.07. The van der Waals surface area contributed by atoms with Crippen LogP contribution < -0.4 is 10.1 Å². The van der Waals surface area contributed by atoms with Gasteiger partial charge in [0.15, 0.2) is 0 Å². The number of ether oxygens (including phenoxy) is 1. The molecule has 1 atom stereocenters. The number of rotatable bonds is 8. The summed E-state index contributed by atoms with van der Waals surface area (Å²) in [5, 5.41) is 2.98. The van der Waals surface area contributed by atoms with Crippen molar-refractivity contribution in [2.24, 2.45) is 5.92 Å².